The van der Waals surface area contributed by atoms with Crippen molar-refractivity contribution in [2.24, 2.45) is 5.10 Å². The number of hydrogen-bond acceptors (Lipinski definition) is 5. The van der Waals surface area contributed by atoms with Crippen LogP contribution in [0.3, 0.4) is 0 Å². The summed E-state index contributed by atoms with van der Waals surface area (Å²) in [5.74, 6) is 0.191. The van der Waals surface area contributed by atoms with E-state index in [-0.39, 0.29) is 28.6 Å². The molecule has 37 heavy (non-hydrogen) atoms. The Bertz CT molecular complexity index is 1520. The van der Waals surface area contributed by atoms with E-state index in [1.54, 1.807) is 72.8 Å². The molecular formula is C26H20Cl3N3O4S. The molecule has 0 fully saturated rings. The lowest BCUT2D eigenvalue weighted by molar-refractivity contribution is 0.0955. The Morgan fingerprint density at radius 1 is 0.892 bits per heavy atom. The van der Waals surface area contributed by atoms with Gasteiger partial charge in [0.1, 0.15) is 11.5 Å². The number of carbonyl (C=O) groups excluding carboxylic acids is 1. The second-order valence-corrected chi connectivity index (χ2v) is 11.1. The molecule has 0 atom stereocenters. The molecule has 0 aliphatic rings. The highest BCUT2D eigenvalue weighted by molar-refractivity contribution is 7.89. The summed E-state index contributed by atoms with van der Waals surface area (Å²) in [6.45, 7) is 0.0802. The van der Waals surface area contributed by atoms with Gasteiger partial charge in [-0.15, -0.1) is 0 Å². The molecule has 0 bridgehead atoms. The minimum absolute atomic E-state index is 0.0273. The van der Waals surface area contributed by atoms with Gasteiger partial charge >= 0.3 is 0 Å². The molecule has 0 spiro atoms. The number of amides is 1. The summed E-state index contributed by atoms with van der Waals surface area (Å²) >= 11 is 17.9. The topological polar surface area (TPSA) is 92.0 Å². The Morgan fingerprint density at radius 3 is 2.30 bits per heavy atom. The van der Waals surface area contributed by atoms with Crippen LogP contribution in [0.25, 0.3) is 0 Å². The molecule has 1 N–H and O–H groups in total. The number of furan rings is 1. The third kappa shape index (κ3) is 7.00. The van der Waals surface area contributed by atoms with Crippen LogP contribution in [0, 0.1) is 0 Å². The summed E-state index contributed by atoms with van der Waals surface area (Å²) in [5, 5.41) is 5.05. The summed E-state index contributed by atoms with van der Waals surface area (Å²) in [6.07, 6.45) is 1.31. The highest BCUT2D eigenvalue weighted by Gasteiger charge is 2.26. The zero-order valence-electron chi connectivity index (χ0n) is 19.1. The minimum Gasteiger partial charge on any atom is -0.459 e. The summed E-state index contributed by atoms with van der Waals surface area (Å²) in [5.41, 5.74) is 3.35. The quantitative estimate of drug-likeness (QED) is 0.184. The number of sulfonamides is 1. The second kappa shape index (κ2) is 11.9. The van der Waals surface area contributed by atoms with E-state index < -0.39 is 15.9 Å². The van der Waals surface area contributed by atoms with Crippen molar-refractivity contribution >= 4 is 56.9 Å². The fraction of sp³-hybridized carbons (Fsp3) is 0.0769. The Hall–Kier alpha value is -3.14. The van der Waals surface area contributed by atoms with E-state index in [0.29, 0.717) is 21.6 Å². The third-order valence-electron chi connectivity index (χ3n) is 5.20. The average Bonchev–Trinajstić information content (AvgIpc) is 3.32. The zero-order valence-corrected chi connectivity index (χ0v) is 22.2. The molecule has 11 heteroatoms. The van der Waals surface area contributed by atoms with E-state index in [2.05, 4.69) is 10.5 Å². The number of nitrogens with zero attached hydrogens (tertiary/aromatic N) is 2. The molecule has 0 saturated carbocycles. The first-order chi connectivity index (χ1) is 17.7. The van der Waals surface area contributed by atoms with Gasteiger partial charge in [0.2, 0.25) is 10.0 Å². The van der Waals surface area contributed by atoms with Crippen LogP contribution in [0.2, 0.25) is 15.1 Å². The first kappa shape index (κ1) is 26.9. The standard InChI is InChI=1S/C26H20Cl3N3O4S/c27-19-8-6-18(7-9-19)16-32(37(34,35)23-4-2-1-3-5-23)17-22-12-11-21(36-22)15-30-31-26(33)24-13-10-20(28)14-25(24)29/h1-15H,16-17H2,(H,31,33)/b30-15-. The number of rotatable bonds is 9. The molecule has 0 radical (unpaired) electrons. The number of hydrazone groups is 1. The van der Waals surface area contributed by atoms with Crippen LogP contribution in [-0.2, 0) is 23.1 Å². The fourth-order valence-electron chi connectivity index (χ4n) is 3.37. The van der Waals surface area contributed by atoms with Crippen LogP contribution in [-0.4, -0.2) is 24.8 Å². The van der Waals surface area contributed by atoms with Crippen molar-refractivity contribution in [2.75, 3.05) is 0 Å². The van der Waals surface area contributed by atoms with Crippen LogP contribution in [0.1, 0.15) is 27.4 Å². The number of nitrogens with one attached hydrogen (secondary N) is 1. The smallest absolute Gasteiger partial charge is 0.272 e. The van der Waals surface area contributed by atoms with Gasteiger partial charge < -0.3 is 4.42 Å². The van der Waals surface area contributed by atoms with Crippen LogP contribution in [0.5, 0.6) is 0 Å². The SMILES string of the molecule is O=C(N/N=C\c1ccc(CN(Cc2ccc(Cl)cc2)S(=O)(=O)c2ccccc2)o1)c1ccc(Cl)cc1Cl. The largest absolute Gasteiger partial charge is 0.459 e. The Morgan fingerprint density at radius 2 is 1.59 bits per heavy atom. The van der Waals surface area contributed by atoms with Crippen molar-refractivity contribution in [1.82, 2.24) is 9.73 Å². The van der Waals surface area contributed by atoms with Crippen molar-refractivity contribution in [1.29, 1.82) is 0 Å². The Balaban J connectivity index is 1.49. The minimum atomic E-state index is -3.84. The fourth-order valence-corrected chi connectivity index (χ4v) is 5.41. The molecule has 0 saturated heterocycles. The van der Waals surface area contributed by atoms with Gasteiger partial charge in [0.25, 0.3) is 5.91 Å². The molecule has 7 nitrogen and oxygen atoms in total. The van der Waals surface area contributed by atoms with Crippen LogP contribution >= 0.6 is 34.8 Å². The molecule has 0 aliphatic heterocycles. The monoisotopic (exact) mass is 575 g/mol. The lowest BCUT2D eigenvalue weighted by Gasteiger charge is -2.21. The normalized spacial score (nSPS) is 11.8. The van der Waals surface area contributed by atoms with Crippen LogP contribution < -0.4 is 5.43 Å². The van der Waals surface area contributed by atoms with Crippen molar-refractivity contribution in [3.8, 4) is 0 Å². The lowest BCUT2D eigenvalue weighted by Crippen LogP contribution is -2.30. The molecule has 3 aromatic carbocycles. The number of hydrogen-bond donors (Lipinski definition) is 1. The highest BCUT2D eigenvalue weighted by Crippen LogP contribution is 2.23. The average molecular weight is 577 g/mol. The van der Waals surface area contributed by atoms with Gasteiger partial charge in [0.05, 0.1) is 28.2 Å². The van der Waals surface area contributed by atoms with Crippen LogP contribution in [0.15, 0.2) is 99.3 Å². The van der Waals surface area contributed by atoms with Gasteiger partial charge in [-0.05, 0) is 60.2 Å². The van der Waals surface area contributed by atoms with E-state index >= 15 is 0 Å². The summed E-state index contributed by atoms with van der Waals surface area (Å²) in [6, 6.07) is 22.9. The van der Waals surface area contributed by atoms with Gasteiger partial charge in [-0.1, -0.05) is 65.1 Å². The Kier molecular flexibility index (Phi) is 8.68. The number of carbonyl (C=O) groups is 1. The van der Waals surface area contributed by atoms with Crippen molar-refractivity contribution in [3.05, 3.63) is 123 Å². The molecule has 4 aromatic rings. The van der Waals surface area contributed by atoms with Gasteiger partial charge in [0.15, 0.2) is 0 Å². The maximum absolute atomic E-state index is 13.4. The molecule has 190 valence electrons. The summed E-state index contributed by atoms with van der Waals surface area (Å²) in [4.78, 5) is 12.5. The number of benzene rings is 3. The van der Waals surface area contributed by atoms with Gasteiger partial charge in [-0.3, -0.25) is 4.79 Å². The molecule has 1 aromatic heterocycles. The highest BCUT2D eigenvalue weighted by atomic mass is 35.5. The first-order valence-electron chi connectivity index (χ1n) is 10.9. The van der Waals surface area contributed by atoms with Gasteiger partial charge in [-0.2, -0.15) is 9.41 Å². The van der Waals surface area contributed by atoms with Crippen molar-refractivity contribution in [3.63, 3.8) is 0 Å². The lowest BCUT2D eigenvalue weighted by atomic mass is 10.2. The van der Waals surface area contributed by atoms with E-state index in [4.69, 9.17) is 39.2 Å². The zero-order chi connectivity index (χ0) is 26.4. The molecule has 4 rings (SSSR count). The van der Waals surface area contributed by atoms with Crippen molar-refractivity contribution in [2.45, 2.75) is 18.0 Å². The predicted octanol–water partition coefficient (Wildman–Crippen LogP) is 6.39. The van der Waals surface area contributed by atoms with Crippen molar-refractivity contribution < 1.29 is 17.6 Å². The number of halogens is 3. The predicted molar refractivity (Wildman–Crippen MR) is 145 cm³/mol. The van der Waals surface area contributed by atoms with E-state index in [1.807, 2.05) is 0 Å². The van der Waals surface area contributed by atoms with Gasteiger partial charge in [0, 0.05) is 16.6 Å². The molecular weight excluding hydrogens is 557 g/mol. The molecule has 1 heterocycles. The van der Waals surface area contributed by atoms with E-state index in [1.165, 1.54) is 22.7 Å². The third-order valence-corrected chi connectivity index (χ3v) is 7.81. The van der Waals surface area contributed by atoms with Gasteiger partial charge in [-0.25, -0.2) is 13.8 Å². The summed E-state index contributed by atoms with van der Waals surface area (Å²) < 4.78 is 33.9. The summed E-state index contributed by atoms with van der Waals surface area (Å²) in [7, 11) is -3.84. The van der Waals surface area contributed by atoms with E-state index in [9.17, 15) is 13.2 Å². The van der Waals surface area contributed by atoms with Crippen LogP contribution in [0.4, 0.5) is 0 Å². The Labute approximate surface area is 229 Å². The van der Waals surface area contributed by atoms with E-state index in [0.717, 1.165) is 5.56 Å². The second-order valence-electron chi connectivity index (χ2n) is 7.84. The molecule has 0 unspecified atom stereocenters. The maximum atomic E-state index is 13.4. The molecule has 1 amide bonds. The maximum Gasteiger partial charge on any atom is 0.272 e. The molecule has 0 aliphatic carbocycles. The first-order valence-corrected chi connectivity index (χ1v) is 13.5.